The van der Waals surface area contributed by atoms with Crippen LogP contribution in [-0.4, -0.2) is 40.1 Å². The zero-order valence-electron chi connectivity index (χ0n) is 15.8. The lowest BCUT2D eigenvalue weighted by molar-refractivity contribution is -0.127. The number of rotatable bonds is 5. The quantitative estimate of drug-likeness (QED) is 0.890. The molecule has 1 N–H and O–H groups in total. The maximum atomic E-state index is 12.4. The largest absolute Gasteiger partial charge is 0.356 e. The molecule has 1 aromatic rings. The number of likely N-dealkylation sites (tertiary alicyclic amines) is 1. The average Bonchev–Trinajstić information content (AvgIpc) is 3.20. The van der Waals surface area contributed by atoms with Crippen molar-refractivity contribution in [3.05, 3.63) is 17.5 Å². The zero-order valence-corrected chi connectivity index (χ0v) is 15.8. The van der Waals surface area contributed by atoms with Crippen molar-refractivity contribution in [3.8, 4) is 0 Å². The van der Waals surface area contributed by atoms with Gasteiger partial charge in [-0.3, -0.25) is 14.3 Å². The third kappa shape index (κ3) is 3.58. The van der Waals surface area contributed by atoms with Crippen molar-refractivity contribution in [2.45, 2.75) is 58.4 Å². The first kappa shape index (κ1) is 18.0. The fraction of sp³-hybridized carbons (Fsp3) is 0.737. The highest BCUT2D eigenvalue weighted by Gasteiger charge is 2.40. The Bertz CT molecular complexity index is 660. The minimum Gasteiger partial charge on any atom is -0.356 e. The van der Waals surface area contributed by atoms with E-state index < -0.39 is 0 Å². The molecule has 2 atom stereocenters. The summed E-state index contributed by atoms with van der Waals surface area (Å²) >= 11 is 0. The maximum Gasteiger partial charge on any atom is 0.223 e. The topological polar surface area (TPSA) is 67.2 Å². The average molecular weight is 346 g/mol. The van der Waals surface area contributed by atoms with Crippen LogP contribution in [0.1, 0.15) is 62.7 Å². The van der Waals surface area contributed by atoms with Gasteiger partial charge in [0.1, 0.15) is 0 Å². The Balaban J connectivity index is 1.65. The predicted molar refractivity (Wildman–Crippen MR) is 95.8 cm³/mol. The summed E-state index contributed by atoms with van der Waals surface area (Å²) in [6.07, 6.45) is 7.67. The summed E-state index contributed by atoms with van der Waals surface area (Å²) in [5.41, 5.74) is 2.31. The van der Waals surface area contributed by atoms with Gasteiger partial charge in [-0.15, -0.1) is 0 Å². The van der Waals surface area contributed by atoms with Crippen LogP contribution in [0.3, 0.4) is 0 Å². The van der Waals surface area contributed by atoms with E-state index in [1.165, 1.54) is 12.8 Å². The van der Waals surface area contributed by atoms with Crippen LogP contribution in [0.2, 0.25) is 0 Å². The number of nitrogens with one attached hydrogen (secondary N) is 1. The van der Waals surface area contributed by atoms with Crippen molar-refractivity contribution in [2.75, 3.05) is 13.6 Å². The second-order valence-electron chi connectivity index (χ2n) is 8.22. The number of hydrogen-bond acceptors (Lipinski definition) is 3. The molecule has 0 spiro atoms. The van der Waals surface area contributed by atoms with Crippen LogP contribution in [0.15, 0.2) is 6.20 Å². The molecule has 138 valence electrons. The molecule has 2 amide bonds. The van der Waals surface area contributed by atoms with Gasteiger partial charge in [-0.25, -0.2) is 0 Å². The second kappa shape index (κ2) is 6.81. The van der Waals surface area contributed by atoms with E-state index in [1.54, 1.807) is 4.90 Å². The standard InChI is InChI=1S/C19H30N4O2/c1-13-15(12-21-23(13)4)18-14(9-17(25)22(18)3)11-20-16(24)10-19(2)7-5-6-8-19/h12,14,18H,5-11H2,1-4H3,(H,20,24)/t14-,18+/m1/s1. The third-order valence-corrected chi connectivity index (χ3v) is 6.25. The van der Waals surface area contributed by atoms with Crippen molar-refractivity contribution in [2.24, 2.45) is 18.4 Å². The molecule has 0 aromatic carbocycles. The fourth-order valence-electron chi connectivity index (χ4n) is 4.50. The number of aromatic nitrogens is 2. The van der Waals surface area contributed by atoms with Gasteiger partial charge in [-0.05, 0) is 25.2 Å². The molecule has 1 aliphatic heterocycles. The molecule has 6 heteroatoms. The maximum absolute atomic E-state index is 12.4. The molecular weight excluding hydrogens is 316 g/mol. The summed E-state index contributed by atoms with van der Waals surface area (Å²) in [6, 6.07) is -0.0106. The molecule has 2 aliphatic rings. The Morgan fingerprint density at radius 2 is 2.04 bits per heavy atom. The van der Waals surface area contributed by atoms with Gasteiger partial charge in [-0.2, -0.15) is 5.10 Å². The van der Waals surface area contributed by atoms with Gasteiger partial charge in [0.25, 0.3) is 0 Å². The van der Waals surface area contributed by atoms with Crippen LogP contribution in [0.5, 0.6) is 0 Å². The Morgan fingerprint density at radius 1 is 1.36 bits per heavy atom. The molecular formula is C19H30N4O2. The van der Waals surface area contributed by atoms with E-state index in [0.717, 1.165) is 24.1 Å². The molecule has 1 saturated heterocycles. The number of aryl methyl sites for hydroxylation is 1. The van der Waals surface area contributed by atoms with Crippen LogP contribution < -0.4 is 5.32 Å². The second-order valence-corrected chi connectivity index (χ2v) is 8.22. The van der Waals surface area contributed by atoms with E-state index in [4.69, 9.17) is 0 Å². The third-order valence-electron chi connectivity index (χ3n) is 6.25. The number of nitrogens with zero attached hydrogens (tertiary/aromatic N) is 3. The van der Waals surface area contributed by atoms with E-state index >= 15 is 0 Å². The highest BCUT2D eigenvalue weighted by molar-refractivity contribution is 5.80. The van der Waals surface area contributed by atoms with E-state index in [1.807, 2.05) is 31.9 Å². The van der Waals surface area contributed by atoms with Crippen LogP contribution in [-0.2, 0) is 16.6 Å². The Kier molecular flexibility index (Phi) is 4.89. The molecule has 0 radical (unpaired) electrons. The molecule has 2 fully saturated rings. The Morgan fingerprint density at radius 3 is 2.64 bits per heavy atom. The van der Waals surface area contributed by atoms with E-state index in [-0.39, 0.29) is 29.2 Å². The monoisotopic (exact) mass is 346 g/mol. The molecule has 3 rings (SSSR count). The smallest absolute Gasteiger partial charge is 0.223 e. The molecule has 0 unspecified atom stereocenters. The summed E-state index contributed by atoms with van der Waals surface area (Å²) < 4.78 is 1.84. The Hall–Kier alpha value is -1.85. The van der Waals surface area contributed by atoms with Gasteiger partial charge < -0.3 is 10.2 Å². The number of carbonyl (C=O) groups excluding carboxylic acids is 2. The molecule has 25 heavy (non-hydrogen) atoms. The molecule has 0 bridgehead atoms. The SMILES string of the molecule is Cc1c([C@@H]2[C@@H](CNC(=O)CC3(C)CCCC3)CC(=O)N2C)cnn1C. The summed E-state index contributed by atoms with van der Waals surface area (Å²) in [5.74, 6) is 0.351. The molecule has 1 aromatic heterocycles. The summed E-state index contributed by atoms with van der Waals surface area (Å²) in [7, 11) is 3.76. The van der Waals surface area contributed by atoms with Gasteiger partial charge in [0, 0.05) is 50.7 Å². The minimum absolute atomic E-state index is 0.0106. The van der Waals surface area contributed by atoms with Crippen molar-refractivity contribution in [1.82, 2.24) is 20.0 Å². The summed E-state index contributed by atoms with van der Waals surface area (Å²) in [5, 5.41) is 7.42. The van der Waals surface area contributed by atoms with Gasteiger partial charge >= 0.3 is 0 Å². The lowest BCUT2D eigenvalue weighted by atomic mass is 9.85. The number of amides is 2. The lowest BCUT2D eigenvalue weighted by Gasteiger charge is -2.26. The highest BCUT2D eigenvalue weighted by atomic mass is 16.2. The van der Waals surface area contributed by atoms with Crippen molar-refractivity contribution in [3.63, 3.8) is 0 Å². The summed E-state index contributed by atoms with van der Waals surface area (Å²) in [6.45, 7) is 4.79. The van der Waals surface area contributed by atoms with E-state index in [9.17, 15) is 9.59 Å². The van der Waals surface area contributed by atoms with Gasteiger partial charge in [-0.1, -0.05) is 19.8 Å². The van der Waals surface area contributed by atoms with Crippen molar-refractivity contribution in [1.29, 1.82) is 0 Å². The summed E-state index contributed by atoms with van der Waals surface area (Å²) in [4.78, 5) is 26.5. The van der Waals surface area contributed by atoms with Gasteiger partial charge in [0.05, 0.1) is 12.2 Å². The normalized spacial score (nSPS) is 25.6. The molecule has 2 heterocycles. The number of hydrogen-bond donors (Lipinski definition) is 1. The van der Waals surface area contributed by atoms with Crippen LogP contribution >= 0.6 is 0 Å². The highest BCUT2D eigenvalue weighted by Crippen LogP contribution is 2.41. The molecule has 6 nitrogen and oxygen atoms in total. The van der Waals surface area contributed by atoms with E-state index in [0.29, 0.717) is 19.4 Å². The molecule has 1 saturated carbocycles. The van der Waals surface area contributed by atoms with Crippen LogP contribution in [0.4, 0.5) is 0 Å². The first-order chi connectivity index (χ1) is 11.8. The van der Waals surface area contributed by atoms with Crippen molar-refractivity contribution >= 4 is 11.8 Å². The molecule has 1 aliphatic carbocycles. The minimum atomic E-state index is -0.0106. The fourth-order valence-corrected chi connectivity index (χ4v) is 4.50. The number of carbonyl (C=O) groups is 2. The lowest BCUT2D eigenvalue weighted by Crippen LogP contribution is -2.34. The predicted octanol–water partition coefficient (Wildman–Crippen LogP) is 2.33. The van der Waals surface area contributed by atoms with E-state index in [2.05, 4.69) is 17.3 Å². The van der Waals surface area contributed by atoms with Crippen LogP contribution in [0.25, 0.3) is 0 Å². The van der Waals surface area contributed by atoms with Gasteiger partial charge in [0.15, 0.2) is 0 Å². The van der Waals surface area contributed by atoms with Gasteiger partial charge in [0.2, 0.25) is 11.8 Å². The first-order valence-electron chi connectivity index (χ1n) is 9.31. The van der Waals surface area contributed by atoms with Crippen molar-refractivity contribution < 1.29 is 9.59 Å². The zero-order chi connectivity index (χ0) is 18.2. The Labute approximate surface area is 149 Å². The van der Waals surface area contributed by atoms with Crippen LogP contribution in [0, 0.1) is 18.3 Å². The first-order valence-corrected chi connectivity index (χ1v) is 9.31.